The second kappa shape index (κ2) is 6.23. The summed E-state index contributed by atoms with van der Waals surface area (Å²) in [5.74, 6) is 0.517. The van der Waals surface area contributed by atoms with E-state index >= 15 is 0 Å². The lowest BCUT2D eigenvalue weighted by molar-refractivity contribution is -0.121. The summed E-state index contributed by atoms with van der Waals surface area (Å²) >= 11 is 5.74. The van der Waals surface area contributed by atoms with Crippen molar-refractivity contribution in [3.05, 3.63) is 23.2 Å². The summed E-state index contributed by atoms with van der Waals surface area (Å²) in [6, 6.07) is 5.00. The molecule has 88 valence electrons. The minimum atomic E-state index is -0.0324. The maximum absolute atomic E-state index is 11.1. The Hall–Kier alpha value is -1.42. The van der Waals surface area contributed by atoms with E-state index in [4.69, 9.17) is 22.1 Å². The van der Waals surface area contributed by atoms with E-state index in [1.165, 1.54) is 0 Å². The van der Waals surface area contributed by atoms with Gasteiger partial charge in [0.25, 0.3) is 0 Å². The molecule has 0 radical (unpaired) electrons. The van der Waals surface area contributed by atoms with Crippen molar-refractivity contribution in [1.82, 2.24) is 5.32 Å². The summed E-state index contributed by atoms with van der Waals surface area (Å²) in [5, 5.41) is 3.25. The third kappa shape index (κ3) is 3.98. The molecule has 3 N–H and O–H groups in total. The smallest absolute Gasteiger partial charge is 0.223 e. The van der Waals surface area contributed by atoms with Gasteiger partial charge in [-0.3, -0.25) is 4.79 Å². The zero-order valence-corrected chi connectivity index (χ0v) is 9.88. The van der Waals surface area contributed by atoms with Crippen LogP contribution in [-0.4, -0.2) is 19.1 Å². The van der Waals surface area contributed by atoms with E-state index in [9.17, 15) is 4.79 Å². The normalized spacial score (nSPS) is 9.88. The zero-order chi connectivity index (χ0) is 12.0. The Balaban J connectivity index is 2.40. The predicted octanol–water partition coefficient (Wildman–Crippen LogP) is 1.83. The Morgan fingerprint density at radius 2 is 2.31 bits per heavy atom. The van der Waals surface area contributed by atoms with E-state index in [1.54, 1.807) is 18.2 Å². The molecule has 0 aliphatic heterocycles. The lowest BCUT2D eigenvalue weighted by atomic mass is 10.3. The van der Waals surface area contributed by atoms with Crippen LogP contribution in [0.4, 0.5) is 5.69 Å². The molecule has 0 unspecified atom stereocenters. The summed E-state index contributed by atoms with van der Waals surface area (Å²) in [4.78, 5) is 11.1. The standard InChI is InChI=1S/C11H15ClN2O2/c1-2-14-11(15)5-6-16-10-4-3-8(12)7-9(10)13/h3-4,7H,2,5-6,13H2,1H3,(H,14,15). The van der Waals surface area contributed by atoms with Gasteiger partial charge in [-0.25, -0.2) is 0 Å². The number of hydrogen-bond donors (Lipinski definition) is 2. The van der Waals surface area contributed by atoms with Gasteiger partial charge in [-0.1, -0.05) is 11.6 Å². The van der Waals surface area contributed by atoms with Gasteiger partial charge in [0.2, 0.25) is 5.91 Å². The molecule has 0 bridgehead atoms. The Labute approximate surface area is 99.7 Å². The molecule has 0 saturated heterocycles. The SMILES string of the molecule is CCNC(=O)CCOc1ccc(Cl)cc1N. The maximum atomic E-state index is 11.1. The van der Waals surface area contributed by atoms with Gasteiger partial charge >= 0.3 is 0 Å². The predicted molar refractivity (Wildman–Crippen MR) is 64.7 cm³/mol. The molecule has 1 amide bonds. The fraction of sp³-hybridized carbons (Fsp3) is 0.364. The maximum Gasteiger partial charge on any atom is 0.223 e. The van der Waals surface area contributed by atoms with Gasteiger partial charge in [0, 0.05) is 11.6 Å². The highest BCUT2D eigenvalue weighted by Gasteiger charge is 2.03. The number of amides is 1. The highest BCUT2D eigenvalue weighted by molar-refractivity contribution is 6.30. The van der Waals surface area contributed by atoms with E-state index in [2.05, 4.69) is 5.32 Å². The van der Waals surface area contributed by atoms with Gasteiger partial charge in [0.1, 0.15) is 5.75 Å². The Kier molecular flexibility index (Phi) is 4.92. The van der Waals surface area contributed by atoms with Crippen molar-refractivity contribution >= 4 is 23.2 Å². The molecular formula is C11H15ClN2O2. The van der Waals surface area contributed by atoms with Gasteiger partial charge in [-0.05, 0) is 25.1 Å². The van der Waals surface area contributed by atoms with Gasteiger partial charge in [0.15, 0.2) is 0 Å². The van der Waals surface area contributed by atoms with Gasteiger partial charge in [0.05, 0.1) is 18.7 Å². The van der Waals surface area contributed by atoms with Crippen LogP contribution in [0.25, 0.3) is 0 Å². The van der Waals surface area contributed by atoms with Gasteiger partial charge < -0.3 is 15.8 Å². The van der Waals surface area contributed by atoms with Crippen molar-refractivity contribution in [3.63, 3.8) is 0 Å². The first kappa shape index (κ1) is 12.6. The molecule has 4 nitrogen and oxygen atoms in total. The van der Waals surface area contributed by atoms with Crippen molar-refractivity contribution in [2.45, 2.75) is 13.3 Å². The zero-order valence-electron chi connectivity index (χ0n) is 9.13. The number of carbonyl (C=O) groups excluding carboxylic acids is 1. The van der Waals surface area contributed by atoms with Crippen LogP contribution < -0.4 is 15.8 Å². The lowest BCUT2D eigenvalue weighted by Gasteiger charge is -2.08. The van der Waals surface area contributed by atoms with E-state index in [0.717, 1.165) is 0 Å². The number of ether oxygens (including phenoxy) is 1. The van der Waals surface area contributed by atoms with Crippen LogP contribution in [0, 0.1) is 0 Å². The molecular weight excluding hydrogens is 228 g/mol. The van der Waals surface area contributed by atoms with Crippen LogP contribution >= 0.6 is 11.6 Å². The average molecular weight is 243 g/mol. The summed E-state index contributed by atoms with van der Waals surface area (Å²) in [7, 11) is 0. The molecule has 16 heavy (non-hydrogen) atoms. The van der Waals surface area contributed by atoms with E-state index < -0.39 is 0 Å². The summed E-state index contributed by atoms with van der Waals surface area (Å²) < 4.78 is 5.36. The van der Waals surface area contributed by atoms with E-state index in [0.29, 0.717) is 36.0 Å². The topological polar surface area (TPSA) is 64.3 Å². The average Bonchev–Trinajstić information content (AvgIpc) is 2.22. The highest BCUT2D eigenvalue weighted by atomic mass is 35.5. The molecule has 1 rings (SSSR count). The number of rotatable bonds is 5. The van der Waals surface area contributed by atoms with Crippen molar-refractivity contribution in [1.29, 1.82) is 0 Å². The second-order valence-corrected chi connectivity index (χ2v) is 3.67. The van der Waals surface area contributed by atoms with E-state index in [1.807, 2.05) is 6.92 Å². The first-order valence-electron chi connectivity index (χ1n) is 5.08. The third-order valence-corrected chi connectivity index (χ3v) is 2.17. The number of anilines is 1. The summed E-state index contributed by atoms with van der Waals surface area (Å²) in [6.07, 6.45) is 0.315. The summed E-state index contributed by atoms with van der Waals surface area (Å²) in [6.45, 7) is 2.80. The first-order valence-corrected chi connectivity index (χ1v) is 5.45. The minimum absolute atomic E-state index is 0.0324. The quantitative estimate of drug-likeness (QED) is 0.775. The number of hydrogen-bond acceptors (Lipinski definition) is 3. The largest absolute Gasteiger partial charge is 0.491 e. The van der Waals surface area contributed by atoms with Crippen molar-refractivity contribution in [2.75, 3.05) is 18.9 Å². The van der Waals surface area contributed by atoms with Crippen LogP contribution in [0.3, 0.4) is 0 Å². The molecule has 0 saturated carbocycles. The monoisotopic (exact) mass is 242 g/mol. The molecule has 0 aliphatic carbocycles. The Bertz CT molecular complexity index is 369. The molecule has 0 atom stereocenters. The number of nitrogens with one attached hydrogen (secondary N) is 1. The molecule has 1 aromatic carbocycles. The van der Waals surface area contributed by atoms with E-state index in [-0.39, 0.29) is 5.91 Å². The number of carbonyl (C=O) groups is 1. The summed E-state index contributed by atoms with van der Waals surface area (Å²) in [5.41, 5.74) is 6.16. The molecule has 5 heteroatoms. The van der Waals surface area contributed by atoms with Gasteiger partial charge in [-0.2, -0.15) is 0 Å². The van der Waals surface area contributed by atoms with Crippen molar-refractivity contribution < 1.29 is 9.53 Å². The Morgan fingerprint density at radius 3 is 2.94 bits per heavy atom. The van der Waals surface area contributed by atoms with Crippen LogP contribution in [-0.2, 0) is 4.79 Å². The Morgan fingerprint density at radius 1 is 1.56 bits per heavy atom. The van der Waals surface area contributed by atoms with Crippen LogP contribution in [0.15, 0.2) is 18.2 Å². The molecule has 1 aromatic rings. The molecule has 0 fully saturated rings. The number of halogens is 1. The van der Waals surface area contributed by atoms with Crippen molar-refractivity contribution in [2.24, 2.45) is 0 Å². The number of nitrogen functional groups attached to an aromatic ring is 1. The number of benzene rings is 1. The molecule has 0 spiro atoms. The van der Waals surface area contributed by atoms with Crippen LogP contribution in [0.5, 0.6) is 5.75 Å². The van der Waals surface area contributed by atoms with Gasteiger partial charge in [-0.15, -0.1) is 0 Å². The van der Waals surface area contributed by atoms with Crippen LogP contribution in [0.2, 0.25) is 5.02 Å². The highest BCUT2D eigenvalue weighted by Crippen LogP contribution is 2.24. The fourth-order valence-corrected chi connectivity index (χ4v) is 1.37. The van der Waals surface area contributed by atoms with Crippen LogP contribution in [0.1, 0.15) is 13.3 Å². The third-order valence-electron chi connectivity index (χ3n) is 1.93. The van der Waals surface area contributed by atoms with Crippen molar-refractivity contribution in [3.8, 4) is 5.75 Å². The molecule has 0 heterocycles. The minimum Gasteiger partial charge on any atom is -0.491 e. The first-order chi connectivity index (χ1) is 7.63. The fourth-order valence-electron chi connectivity index (χ4n) is 1.19. The molecule has 0 aliphatic rings. The molecule has 0 aromatic heterocycles. The second-order valence-electron chi connectivity index (χ2n) is 3.23. The number of nitrogens with two attached hydrogens (primary N) is 1. The lowest BCUT2D eigenvalue weighted by Crippen LogP contribution is -2.24.